The normalized spacial score (nSPS) is 11.8. The third-order valence-electron chi connectivity index (χ3n) is 7.23. The Bertz CT molecular complexity index is 1930. The first-order valence-electron chi connectivity index (χ1n) is 14.1. The molecule has 0 saturated heterocycles. The molecule has 5 aromatic carbocycles. The zero-order valence-corrected chi connectivity index (χ0v) is 24.8. The van der Waals surface area contributed by atoms with Crippen molar-refractivity contribution in [3.05, 3.63) is 144 Å². The second kappa shape index (κ2) is 12.7. The Labute approximate surface area is 261 Å². The number of benzene rings is 5. The highest BCUT2D eigenvalue weighted by Crippen LogP contribution is 2.48. The molecule has 0 atom stereocenters. The number of hydrogen-bond acceptors (Lipinski definition) is 5. The molecule has 1 N–H and O–H groups in total. The molecule has 0 unspecified atom stereocenters. The van der Waals surface area contributed by atoms with Crippen LogP contribution in [-0.4, -0.2) is 17.6 Å². The average Bonchev–Trinajstić information content (AvgIpc) is 3.06. The number of carboxylic acid groups (broad SMARTS) is 1. The SMILES string of the molecule is CCN1c2ccc(C#Cc3ccc(N(c4ccccc4)c4ccccc4)cc3)cc2Sc2cc(/C=C(/C#N)C(=O)O)ccc21. The molecule has 6 rings (SSSR count). The topological polar surface area (TPSA) is 67.6 Å². The number of hydrogen-bond donors (Lipinski definition) is 1. The Kier molecular flexibility index (Phi) is 8.19. The summed E-state index contributed by atoms with van der Waals surface area (Å²) < 4.78 is 0. The van der Waals surface area contributed by atoms with Crippen molar-refractivity contribution in [2.75, 3.05) is 16.3 Å². The average molecular weight is 590 g/mol. The lowest BCUT2D eigenvalue weighted by atomic mass is 10.1. The molecule has 0 aromatic heterocycles. The second-order valence-electron chi connectivity index (χ2n) is 10.0. The highest BCUT2D eigenvalue weighted by molar-refractivity contribution is 7.99. The van der Waals surface area contributed by atoms with Gasteiger partial charge in [0.2, 0.25) is 0 Å². The summed E-state index contributed by atoms with van der Waals surface area (Å²) in [6, 6.07) is 42.6. The summed E-state index contributed by atoms with van der Waals surface area (Å²) >= 11 is 1.62. The van der Waals surface area contributed by atoms with Gasteiger partial charge in [0, 0.05) is 44.5 Å². The molecule has 0 spiro atoms. The van der Waals surface area contributed by atoms with Crippen molar-refractivity contribution in [1.82, 2.24) is 0 Å². The number of aliphatic carboxylic acids is 1. The molecule has 5 nitrogen and oxygen atoms in total. The van der Waals surface area contributed by atoms with Crippen LogP contribution in [0.2, 0.25) is 0 Å². The van der Waals surface area contributed by atoms with Gasteiger partial charge in [-0.05, 0) is 97.4 Å². The Hall–Kier alpha value is -5.69. The Morgan fingerprint density at radius 3 is 1.91 bits per heavy atom. The lowest BCUT2D eigenvalue weighted by Crippen LogP contribution is -2.20. The summed E-state index contributed by atoms with van der Waals surface area (Å²) in [5.41, 5.74) is 7.58. The minimum Gasteiger partial charge on any atom is -0.477 e. The first-order chi connectivity index (χ1) is 21.5. The summed E-state index contributed by atoms with van der Waals surface area (Å²) in [7, 11) is 0. The number of fused-ring (bicyclic) bond motifs is 2. The molecule has 0 saturated carbocycles. The zero-order chi connectivity index (χ0) is 30.5. The van der Waals surface area contributed by atoms with Gasteiger partial charge in [0.15, 0.2) is 0 Å². The molecule has 5 aromatic rings. The highest BCUT2D eigenvalue weighted by atomic mass is 32.2. The van der Waals surface area contributed by atoms with E-state index in [0.717, 1.165) is 55.9 Å². The predicted octanol–water partition coefficient (Wildman–Crippen LogP) is 9.17. The van der Waals surface area contributed by atoms with Gasteiger partial charge in [0.05, 0.1) is 11.4 Å². The van der Waals surface area contributed by atoms with E-state index < -0.39 is 5.97 Å². The number of nitrogens with zero attached hydrogens (tertiary/aromatic N) is 3. The molecule has 0 amide bonds. The lowest BCUT2D eigenvalue weighted by molar-refractivity contribution is -0.132. The van der Waals surface area contributed by atoms with Crippen molar-refractivity contribution in [2.45, 2.75) is 16.7 Å². The molecule has 0 bridgehead atoms. The van der Waals surface area contributed by atoms with E-state index in [1.165, 1.54) is 6.08 Å². The third-order valence-corrected chi connectivity index (χ3v) is 8.32. The van der Waals surface area contributed by atoms with Crippen molar-refractivity contribution in [1.29, 1.82) is 5.26 Å². The quantitative estimate of drug-likeness (QED) is 0.121. The number of para-hydroxylation sites is 2. The van der Waals surface area contributed by atoms with E-state index in [4.69, 9.17) is 0 Å². The van der Waals surface area contributed by atoms with Crippen molar-refractivity contribution in [3.63, 3.8) is 0 Å². The van der Waals surface area contributed by atoms with Gasteiger partial charge in [-0.3, -0.25) is 0 Å². The van der Waals surface area contributed by atoms with Gasteiger partial charge in [-0.2, -0.15) is 5.26 Å². The number of carbonyl (C=O) groups is 1. The first kappa shape index (κ1) is 28.4. The fourth-order valence-corrected chi connectivity index (χ4v) is 6.34. The van der Waals surface area contributed by atoms with E-state index >= 15 is 0 Å². The maximum Gasteiger partial charge on any atom is 0.346 e. The van der Waals surface area contributed by atoms with E-state index in [9.17, 15) is 15.2 Å². The summed E-state index contributed by atoms with van der Waals surface area (Å²) in [5, 5.41) is 18.4. The van der Waals surface area contributed by atoms with Gasteiger partial charge in [-0.25, -0.2) is 4.79 Å². The predicted molar refractivity (Wildman–Crippen MR) is 178 cm³/mol. The van der Waals surface area contributed by atoms with E-state index in [1.54, 1.807) is 17.8 Å². The Morgan fingerprint density at radius 2 is 1.32 bits per heavy atom. The summed E-state index contributed by atoms with van der Waals surface area (Å²) in [6.07, 6.45) is 1.40. The monoisotopic (exact) mass is 589 g/mol. The Morgan fingerprint density at radius 1 is 0.773 bits per heavy atom. The van der Waals surface area contributed by atoms with E-state index in [1.807, 2.05) is 72.8 Å². The second-order valence-corrected chi connectivity index (χ2v) is 11.1. The van der Waals surface area contributed by atoms with Crippen LogP contribution in [0.15, 0.2) is 137 Å². The van der Waals surface area contributed by atoms with Crippen LogP contribution in [0.4, 0.5) is 28.4 Å². The van der Waals surface area contributed by atoms with Gasteiger partial charge >= 0.3 is 5.97 Å². The van der Waals surface area contributed by atoms with E-state index in [-0.39, 0.29) is 5.57 Å². The fourth-order valence-electron chi connectivity index (χ4n) is 5.16. The van der Waals surface area contributed by atoms with Crippen LogP contribution in [0.1, 0.15) is 23.6 Å². The molecular formula is C38H27N3O2S. The van der Waals surface area contributed by atoms with Crippen LogP contribution in [-0.2, 0) is 4.79 Å². The van der Waals surface area contributed by atoms with Gasteiger partial charge in [-0.1, -0.05) is 66.1 Å². The minimum absolute atomic E-state index is 0.294. The van der Waals surface area contributed by atoms with Crippen LogP contribution < -0.4 is 9.80 Å². The van der Waals surface area contributed by atoms with Crippen LogP contribution in [0.3, 0.4) is 0 Å². The van der Waals surface area contributed by atoms with Crippen LogP contribution in [0.5, 0.6) is 0 Å². The maximum atomic E-state index is 11.3. The van der Waals surface area contributed by atoms with E-state index in [0.29, 0.717) is 5.56 Å². The largest absolute Gasteiger partial charge is 0.477 e. The maximum absolute atomic E-state index is 11.3. The van der Waals surface area contributed by atoms with Crippen LogP contribution in [0, 0.1) is 23.2 Å². The van der Waals surface area contributed by atoms with Gasteiger partial charge < -0.3 is 14.9 Å². The van der Waals surface area contributed by atoms with Crippen molar-refractivity contribution in [2.24, 2.45) is 0 Å². The Balaban J connectivity index is 1.26. The molecule has 6 heteroatoms. The minimum atomic E-state index is -1.24. The smallest absolute Gasteiger partial charge is 0.346 e. The molecule has 1 aliphatic rings. The molecule has 212 valence electrons. The molecule has 1 aliphatic heterocycles. The number of nitriles is 1. The first-order valence-corrected chi connectivity index (χ1v) is 15.0. The van der Waals surface area contributed by atoms with E-state index in [2.05, 4.69) is 77.1 Å². The number of rotatable bonds is 6. The summed E-state index contributed by atoms with van der Waals surface area (Å²) in [5.74, 6) is 5.42. The molecule has 1 heterocycles. The van der Waals surface area contributed by atoms with Gasteiger partial charge in [-0.15, -0.1) is 0 Å². The standard InChI is InChI=1S/C38H27N3O2S/c1-2-40-34-21-17-28(24-36(34)44-37-25-29(18-22-35(37)40)23-30(26-39)38(42)43)14-13-27-15-19-33(20-16-27)41(31-9-5-3-6-10-31)32-11-7-4-8-12-32/h3-12,15-25H,2H2,1H3,(H,42,43)/b30-23-. The van der Waals surface area contributed by atoms with Gasteiger partial charge in [0.1, 0.15) is 11.6 Å². The zero-order valence-electron chi connectivity index (χ0n) is 23.9. The fraction of sp³-hybridized carbons (Fsp3) is 0.0526. The van der Waals surface area contributed by atoms with Crippen molar-refractivity contribution in [3.8, 4) is 17.9 Å². The summed E-state index contributed by atoms with van der Waals surface area (Å²) in [4.78, 5) is 17.9. The van der Waals surface area contributed by atoms with Crippen molar-refractivity contribution >= 4 is 52.2 Å². The van der Waals surface area contributed by atoms with Crippen LogP contribution in [0.25, 0.3) is 6.08 Å². The molecule has 44 heavy (non-hydrogen) atoms. The molecule has 0 fully saturated rings. The number of anilines is 5. The third kappa shape index (κ3) is 5.94. The van der Waals surface area contributed by atoms with Crippen LogP contribution >= 0.6 is 11.8 Å². The number of carboxylic acids is 1. The summed E-state index contributed by atoms with van der Waals surface area (Å²) in [6.45, 7) is 2.87. The molecule has 0 aliphatic carbocycles. The lowest BCUT2D eigenvalue weighted by Gasteiger charge is -2.32. The molecular weight excluding hydrogens is 563 g/mol. The highest BCUT2D eigenvalue weighted by Gasteiger charge is 2.23. The van der Waals surface area contributed by atoms with Crippen molar-refractivity contribution < 1.29 is 9.90 Å². The molecule has 0 radical (unpaired) electrons. The van der Waals surface area contributed by atoms with Gasteiger partial charge in [0.25, 0.3) is 0 Å².